The molecule has 7 nitrogen and oxygen atoms in total. The second-order valence-corrected chi connectivity index (χ2v) is 4.79. The molecule has 1 aliphatic carbocycles. The van der Waals surface area contributed by atoms with Gasteiger partial charge in [0.2, 0.25) is 5.82 Å². The van der Waals surface area contributed by atoms with Crippen molar-refractivity contribution in [3.8, 4) is 6.07 Å². The van der Waals surface area contributed by atoms with Crippen LogP contribution in [-0.2, 0) is 4.74 Å². The molecule has 1 saturated carbocycles. The lowest BCUT2D eigenvalue weighted by Gasteiger charge is -2.29. The van der Waals surface area contributed by atoms with Crippen molar-refractivity contribution in [2.45, 2.75) is 37.8 Å². The standard InChI is InChI=1S/C13H16N4O3/c1-20-11-4-2-3-10(7-11)16-13-12(17(18)19)9(8-14)5-6-15-13/h5-6,10-11H,2-4,7H2,1H3,(H,15,16). The number of aromatic nitrogens is 1. The fourth-order valence-electron chi connectivity index (χ4n) is 2.52. The Balaban J connectivity index is 2.21. The minimum absolute atomic E-state index is 0.0200. The summed E-state index contributed by atoms with van der Waals surface area (Å²) in [4.78, 5) is 14.6. The Bertz CT molecular complexity index is 541. The van der Waals surface area contributed by atoms with E-state index in [1.165, 1.54) is 12.3 Å². The van der Waals surface area contributed by atoms with E-state index in [0.29, 0.717) is 0 Å². The summed E-state index contributed by atoms with van der Waals surface area (Å²) in [5.41, 5.74) is -0.235. The van der Waals surface area contributed by atoms with Gasteiger partial charge >= 0.3 is 5.69 Å². The number of anilines is 1. The van der Waals surface area contributed by atoms with Crippen molar-refractivity contribution in [2.75, 3.05) is 12.4 Å². The third-order valence-electron chi connectivity index (χ3n) is 3.53. The van der Waals surface area contributed by atoms with Crippen LogP contribution in [0, 0.1) is 21.4 Å². The van der Waals surface area contributed by atoms with E-state index in [9.17, 15) is 10.1 Å². The summed E-state index contributed by atoms with van der Waals surface area (Å²) in [5, 5.41) is 23.1. The molecule has 0 bridgehead atoms. The van der Waals surface area contributed by atoms with Gasteiger partial charge in [0.1, 0.15) is 11.6 Å². The van der Waals surface area contributed by atoms with Gasteiger partial charge in [0.05, 0.1) is 11.0 Å². The molecule has 7 heteroatoms. The summed E-state index contributed by atoms with van der Waals surface area (Å²) < 4.78 is 5.34. The second kappa shape index (κ2) is 6.30. The Hall–Kier alpha value is -2.20. The van der Waals surface area contributed by atoms with Crippen molar-refractivity contribution < 1.29 is 9.66 Å². The molecule has 1 aliphatic rings. The third kappa shape index (κ3) is 3.03. The van der Waals surface area contributed by atoms with Crippen LogP contribution in [0.25, 0.3) is 0 Å². The summed E-state index contributed by atoms with van der Waals surface area (Å²) in [7, 11) is 1.67. The van der Waals surface area contributed by atoms with E-state index < -0.39 is 4.92 Å². The summed E-state index contributed by atoms with van der Waals surface area (Å²) in [6.07, 6.45) is 5.27. The minimum atomic E-state index is -0.565. The van der Waals surface area contributed by atoms with Gasteiger partial charge in [-0.1, -0.05) is 0 Å². The average molecular weight is 276 g/mol. The molecular formula is C13H16N4O3. The molecule has 1 N–H and O–H groups in total. The van der Waals surface area contributed by atoms with Crippen LogP contribution in [0.2, 0.25) is 0 Å². The molecule has 0 saturated heterocycles. The van der Waals surface area contributed by atoms with Crippen molar-refractivity contribution in [1.29, 1.82) is 5.26 Å². The van der Waals surface area contributed by atoms with E-state index in [4.69, 9.17) is 10.00 Å². The number of hydrogen-bond donors (Lipinski definition) is 1. The highest BCUT2D eigenvalue weighted by Crippen LogP contribution is 2.29. The Labute approximate surface area is 116 Å². The molecule has 20 heavy (non-hydrogen) atoms. The smallest absolute Gasteiger partial charge is 0.328 e. The van der Waals surface area contributed by atoms with Crippen molar-refractivity contribution >= 4 is 11.5 Å². The highest BCUT2D eigenvalue weighted by molar-refractivity contribution is 5.64. The molecule has 2 unspecified atom stereocenters. The fourth-order valence-corrected chi connectivity index (χ4v) is 2.52. The van der Waals surface area contributed by atoms with Crippen LogP contribution < -0.4 is 5.32 Å². The lowest BCUT2D eigenvalue weighted by atomic mass is 9.93. The maximum atomic E-state index is 11.1. The number of hydrogen-bond acceptors (Lipinski definition) is 6. The molecule has 0 amide bonds. The molecule has 1 fully saturated rings. The zero-order chi connectivity index (χ0) is 14.5. The predicted octanol–water partition coefficient (Wildman–Crippen LogP) is 2.23. The van der Waals surface area contributed by atoms with Gasteiger partial charge in [-0.25, -0.2) is 4.98 Å². The molecule has 0 spiro atoms. The van der Waals surface area contributed by atoms with Crippen LogP contribution in [0.3, 0.4) is 0 Å². The largest absolute Gasteiger partial charge is 0.381 e. The van der Waals surface area contributed by atoms with Gasteiger partial charge in [-0.05, 0) is 31.7 Å². The Morgan fingerprint density at radius 2 is 2.40 bits per heavy atom. The molecule has 1 heterocycles. The molecule has 1 aromatic heterocycles. The van der Waals surface area contributed by atoms with Crippen LogP contribution >= 0.6 is 0 Å². The van der Waals surface area contributed by atoms with Crippen molar-refractivity contribution in [2.24, 2.45) is 0 Å². The third-order valence-corrected chi connectivity index (χ3v) is 3.53. The lowest BCUT2D eigenvalue weighted by Crippen LogP contribution is -2.31. The van der Waals surface area contributed by atoms with Gasteiger partial charge < -0.3 is 10.1 Å². The van der Waals surface area contributed by atoms with E-state index in [0.717, 1.165) is 25.7 Å². The molecular weight excluding hydrogens is 260 g/mol. The molecule has 2 atom stereocenters. The Kier molecular flexibility index (Phi) is 4.48. The number of pyridine rings is 1. The predicted molar refractivity (Wildman–Crippen MR) is 72.3 cm³/mol. The maximum absolute atomic E-state index is 11.1. The molecule has 1 aromatic rings. The fraction of sp³-hybridized carbons (Fsp3) is 0.538. The van der Waals surface area contributed by atoms with Gasteiger partial charge in [-0.2, -0.15) is 5.26 Å². The molecule has 106 valence electrons. The van der Waals surface area contributed by atoms with Gasteiger partial charge in [0.15, 0.2) is 0 Å². The Morgan fingerprint density at radius 1 is 1.60 bits per heavy atom. The number of methoxy groups -OCH3 is 1. The lowest BCUT2D eigenvalue weighted by molar-refractivity contribution is -0.384. The van der Waals surface area contributed by atoms with Gasteiger partial charge in [-0.3, -0.25) is 10.1 Å². The second-order valence-electron chi connectivity index (χ2n) is 4.79. The van der Waals surface area contributed by atoms with Crippen LogP contribution in [-0.4, -0.2) is 29.2 Å². The number of nitrogens with one attached hydrogen (secondary N) is 1. The van der Waals surface area contributed by atoms with Crippen molar-refractivity contribution in [3.05, 3.63) is 27.9 Å². The summed E-state index contributed by atoms with van der Waals surface area (Å²) in [6, 6.07) is 3.26. The first-order chi connectivity index (χ1) is 9.65. The van der Waals surface area contributed by atoms with Crippen molar-refractivity contribution in [1.82, 2.24) is 4.98 Å². The van der Waals surface area contributed by atoms with Gasteiger partial charge in [0, 0.05) is 19.3 Å². The SMILES string of the molecule is COC1CCCC(Nc2nccc(C#N)c2[N+](=O)[O-])C1. The molecule has 0 radical (unpaired) electrons. The maximum Gasteiger partial charge on any atom is 0.328 e. The monoisotopic (exact) mass is 276 g/mol. The zero-order valence-corrected chi connectivity index (χ0v) is 11.2. The van der Waals surface area contributed by atoms with Gasteiger partial charge in [0.25, 0.3) is 0 Å². The minimum Gasteiger partial charge on any atom is -0.381 e. The number of rotatable bonds is 4. The molecule has 0 aliphatic heterocycles. The Morgan fingerprint density at radius 3 is 3.05 bits per heavy atom. The van der Waals surface area contributed by atoms with E-state index in [1.807, 2.05) is 6.07 Å². The number of nitriles is 1. The van der Waals surface area contributed by atoms with Gasteiger partial charge in [-0.15, -0.1) is 0 Å². The first kappa shape index (κ1) is 14.2. The van der Waals surface area contributed by atoms with Crippen LogP contribution in [0.5, 0.6) is 0 Å². The van der Waals surface area contributed by atoms with Crippen LogP contribution in [0.1, 0.15) is 31.2 Å². The highest BCUT2D eigenvalue weighted by atomic mass is 16.6. The average Bonchev–Trinajstić information content (AvgIpc) is 2.46. The van der Waals surface area contributed by atoms with Crippen molar-refractivity contribution in [3.63, 3.8) is 0 Å². The van der Waals surface area contributed by atoms with E-state index >= 15 is 0 Å². The molecule has 0 aromatic carbocycles. The van der Waals surface area contributed by atoms with E-state index in [2.05, 4.69) is 10.3 Å². The first-order valence-corrected chi connectivity index (χ1v) is 6.48. The number of nitrogens with zero attached hydrogens (tertiary/aromatic N) is 3. The number of nitro groups is 1. The quantitative estimate of drug-likeness (QED) is 0.668. The normalized spacial score (nSPS) is 22.0. The summed E-state index contributed by atoms with van der Waals surface area (Å²) >= 11 is 0. The topological polar surface area (TPSA) is 101 Å². The first-order valence-electron chi connectivity index (χ1n) is 6.48. The number of ether oxygens (including phenoxy) is 1. The van der Waals surface area contributed by atoms with E-state index in [-0.39, 0.29) is 29.2 Å². The highest BCUT2D eigenvalue weighted by Gasteiger charge is 2.26. The summed E-state index contributed by atoms with van der Waals surface area (Å²) in [6.45, 7) is 0. The molecule has 2 rings (SSSR count). The zero-order valence-electron chi connectivity index (χ0n) is 11.2. The van der Waals surface area contributed by atoms with Crippen LogP contribution in [0.4, 0.5) is 11.5 Å². The summed E-state index contributed by atoms with van der Waals surface area (Å²) in [5.74, 6) is 0.163. The van der Waals surface area contributed by atoms with Crippen LogP contribution in [0.15, 0.2) is 12.3 Å². The van der Waals surface area contributed by atoms with E-state index in [1.54, 1.807) is 7.11 Å².